The molecule has 0 atom stereocenters. The van der Waals surface area contributed by atoms with E-state index >= 15 is 0 Å². The largest absolute Gasteiger partial charge is 0.466 e. The Bertz CT molecular complexity index is 906. The number of carbonyl (C=O) groups excluding carboxylic acids is 1. The van der Waals surface area contributed by atoms with Crippen LogP contribution in [-0.4, -0.2) is 12.6 Å². The number of ether oxygens (including phenoxy) is 1. The van der Waals surface area contributed by atoms with Crippen molar-refractivity contribution in [2.45, 2.75) is 13.3 Å². The van der Waals surface area contributed by atoms with Crippen molar-refractivity contribution in [1.29, 1.82) is 5.26 Å². The summed E-state index contributed by atoms with van der Waals surface area (Å²) in [6.07, 6.45) is -0.0143. The number of hydrogen-bond acceptors (Lipinski definition) is 4. The Labute approximate surface area is 146 Å². The molecule has 0 aliphatic carbocycles. The Morgan fingerprint density at radius 2 is 1.64 bits per heavy atom. The van der Waals surface area contributed by atoms with Gasteiger partial charge in [-0.15, -0.1) is 0 Å². The van der Waals surface area contributed by atoms with E-state index in [-0.39, 0.29) is 12.4 Å². The average Bonchev–Trinajstić information content (AvgIpc) is 3.01. The Balaban J connectivity index is 2.18. The highest BCUT2D eigenvalue weighted by molar-refractivity contribution is 5.84. The minimum absolute atomic E-state index is 0.0143. The van der Waals surface area contributed by atoms with Gasteiger partial charge in [0.05, 0.1) is 6.61 Å². The fraction of sp³-hybridized carbons (Fsp3) is 0.143. The number of rotatable bonds is 5. The Morgan fingerprint density at radius 1 is 1.04 bits per heavy atom. The van der Waals surface area contributed by atoms with Crippen molar-refractivity contribution < 1.29 is 13.9 Å². The summed E-state index contributed by atoms with van der Waals surface area (Å²) < 4.78 is 11.0. The fourth-order valence-corrected chi connectivity index (χ4v) is 2.76. The molecule has 0 saturated heterocycles. The monoisotopic (exact) mass is 331 g/mol. The van der Waals surface area contributed by atoms with E-state index in [1.807, 2.05) is 60.7 Å². The molecule has 0 fully saturated rings. The molecule has 0 aliphatic rings. The maximum atomic E-state index is 12.0. The summed E-state index contributed by atoms with van der Waals surface area (Å²) in [6.45, 7) is 2.06. The van der Waals surface area contributed by atoms with Crippen LogP contribution in [0.1, 0.15) is 18.2 Å². The lowest BCUT2D eigenvalue weighted by atomic mass is 9.98. The zero-order valence-electron chi connectivity index (χ0n) is 13.9. The van der Waals surface area contributed by atoms with Crippen molar-refractivity contribution in [3.05, 3.63) is 72.0 Å². The van der Waals surface area contributed by atoms with Crippen LogP contribution >= 0.6 is 0 Å². The molecule has 1 heterocycles. The number of esters is 1. The summed E-state index contributed by atoms with van der Waals surface area (Å²) in [6, 6.07) is 21.1. The van der Waals surface area contributed by atoms with Crippen LogP contribution < -0.4 is 0 Å². The number of nitriles is 1. The summed E-state index contributed by atoms with van der Waals surface area (Å²) >= 11 is 0. The first-order chi connectivity index (χ1) is 12.2. The van der Waals surface area contributed by atoms with Gasteiger partial charge in [-0.1, -0.05) is 60.7 Å². The highest BCUT2D eigenvalue weighted by atomic mass is 16.5. The molecular formula is C21H17NO3. The molecule has 0 bridgehead atoms. The van der Waals surface area contributed by atoms with E-state index in [1.54, 1.807) is 6.92 Å². The zero-order chi connectivity index (χ0) is 17.6. The molecule has 1 aromatic heterocycles. The summed E-state index contributed by atoms with van der Waals surface area (Å²) in [5.74, 6) is 0.541. The van der Waals surface area contributed by atoms with Crippen LogP contribution in [0, 0.1) is 11.3 Å². The SMILES string of the molecule is CCOC(=O)Cc1oc(-c2ccccc2)c(C#N)c1-c1ccccc1. The lowest BCUT2D eigenvalue weighted by Crippen LogP contribution is -2.07. The predicted molar refractivity (Wildman–Crippen MR) is 94.6 cm³/mol. The van der Waals surface area contributed by atoms with Gasteiger partial charge < -0.3 is 9.15 Å². The molecule has 3 aromatic rings. The lowest BCUT2D eigenvalue weighted by Gasteiger charge is -2.03. The van der Waals surface area contributed by atoms with Gasteiger partial charge in [0.2, 0.25) is 0 Å². The number of carbonyl (C=O) groups is 1. The van der Waals surface area contributed by atoms with Crippen molar-refractivity contribution in [3.8, 4) is 28.5 Å². The van der Waals surface area contributed by atoms with Crippen LogP contribution in [0.4, 0.5) is 0 Å². The molecule has 124 valence electrons. The summed E-state index contributed by atoms with van der Waals surface area (Å²) in [5, 5.41) is 9.75. The third-order valence-corrected chi connectivity index (χ3v) is 3.80. The van der Waals surface area contributed by atoms with E-state index in [0.29, 0.717) is 29.3 Å². The maximum Gasteiger partial charge on any atom is 0.313 e. The summed E-state index contributed by atoms with van der Waals surface area (Å²) in [5.41, 5.74) is 2.71. The molecule has 0 spiro atoms. The standard InChI is InChI=1S/C21H17NO3/c1-2-24-19(23)13-18-20(15-9-5-3-6-10-15)17(14-22)21(25-18)16-11-7-4-8-12-16/h3-12H,2,13H2,1H3. The first kappa shape index (κ1) is 16.5. The highest BCUT2D eigenvalue weighted by Crippen LogP contribution is 2.38. The van der Waals surface area contributed by atoms with Crippen molar-refractivity contribution >= 4 is 5.97 Å². The van der Waals surface area contributed by atoms with Gasteiger partial charge in [0.1, 0.15) is 23.8 Å². The predicted octanol–water partition coefficient (Wildman–Crippen LogP) is 4.59. The minimum atomic E-state index is -0.377. The van der Waals surface area contributed by atoms with E-state index in [9.17, 15) is 10.1 Å². The second-order valence-electron chi connectivity index (χ2n) is 5.43. The van der Waals surface area contributed by atoms with Crippen LogP contribution in [0.3, 0.4) is 0 Å². The summed E-state index contributed by atoms with van der Waals surface area (Å²) in [7, 11) is 0. The molecular weight excluding hydrogens is 314 g/mol. The van der Waals surface area contributed by atoms with Gasteiger partial charge >= 0.3 is 5.97 Å². The molecule has 0 radical (unpaired) electrons. The Kier molecular flexibility index (Phi) is 4.96. The highest BCUT2D eigenvalue weighted by Gasteiger charge is 2.24. The van der Waals surface area contributed by atoms with Crippen molar-refractivity contribution in [3.63, 3.8) is 0 Å². The molecule has 4 heteroatoms. The topological polar surface area (TPSA) is 63.2 Å². The van der Waals surface area contributed by atoms with Crippen LogP contribution in [0.25, 0.3) is 22.5 Å². The van der Waals surface area contributed by atoms with E-state index in [1.165, 1.54) is 0 Å². The van der Waals surface area contributed by atoms with Gasteiger partial charge in [-0.05, 0) is 12.5 Å². The van der Waals surface area contributed by atoms with Crippen molar-refractivity contribution in [2.24, 2.45) is 0 Å². The van der Waals surface area contributed by atoms with Gasteiger partial charge in [0.15, 0.2) is 5.76 Å². The number of nitrogens with zero attached hydrogens (tertiary/aromatic N) is 1. The molecule has 4 nitrogen and oxygen atoms in total. The minimum Gasteiger partial charge on any atom is -0.466 e. The van der Waals surface area contributed by atoms with Gasteiger partial charge in [0, 0.05) is 11.1 Å². The smallest absolute Gasteiger partial charge is 0.313 e. The second-order valence-corrected chi connectivity index (χ2v) is 5.43. The third-order valence-electron chi connectivity index (χ3n) is 3.80. The average molecular weight is 331 g/mol. The quantitative estimate of drug-likeness (QED) is 0.641. The van der Waals surface area contributed by atoms with E-state index in [4.69, 9.17) is 9.15 Å². The number of hydrogen-bond donors (Lipinski definition) is 0. The fourth-order valence-electron chi connectivity index (χ4n) is 2.76. The van der Waals surface area contributed by atoms with Crippen LogP contribution in [-0.2, 0) is 16.0 Å². The number of benzene rings is 2. The molecule has 3 rings (SSSR count). The van der Waals surface area contributed by atoms with Crippen LogP contribution in [0.5, 0.6) is 0 Å². The maximum absolute atomic E-state index is 12.0. The zero-order valence-corrected chi connectivity index (χ0v) is 13.9. The molecule has 0 aliphatic heterocycles. The van der Waals surface area contributed by atoms with Crippen LogP contribution in [0.2, 0.25) is 0 Å². The van der Waals surface area contributed by atoms with E-state index in [2.05, 4.69) is 6.07 Å². The first-order valence-corrected chi connectivity index (χ1v) is 8.06. The lowest BCUT2D eigenvalue weighted by molar-refractivity contribution is -0.142. The van der Waals surface area contributed by atoms with Crippen LogP contribution in [0.15, 0.2) is 65.1 Å². The molecule has 0 unspecified atom stereocenters. The molecule has 0 amide bonds. The Morgan fingerprint density at radius 3 is 2.20 bits per heavy atom. The van der Waals surface area contributed by atoms with E-state index in [0.717, 1.165) is 11.1 Å². The van der Waals surface area contributed by atoms with Crippen molar-refractivity contribution in [2.75, 3.05) is 6.61 Å². The molecule has 0 saturated carbocycles. The Hall–Kier alpha value is -3.32. The van der Waals surface area contributed by atoms with Gasteiger partial charge in [-0.2, -0.15) is 5.26 Å². The van der Waals surface area contributed by atoms with Crippen molar-refractivity contribution in [1.82, 2.24) is 0 Å². The summed E-state index contributed by atoms with van der Waals surface area (Å²) in [4.78, 5) is 12.0. The normalized spacial score (nSPS) is 10.2. The van der Waals surface area contributed by atoms with E-state index < -0.39 is 0 Å². The molecule has 0 N–H and O–H groups in total. The third kappa shape index (κ3) is 3.46. The van der Waals surface area contributed by atoms with Gasteiger partial charge in [0.25, 0.3) is 0 Å². The molecule has 2 aromatic carbocycles. The number of furan rings is 1. The second kappa shape index (κ2) is 7.50. The van der Waals surface area contributed by atoms with Gasteiger partial charge in [-0.3, -0.25) is 4.79 Å². The first-order valence-electron chi connectivity index (χ1n) is 8.06. The molecule has 25 heavy (non-hydrogen) atoms. The van der Waals surface area contributed by atoms with Gasteiger partial charge in [-0.25, -0.2) is 0 Å².